The zero-order valence-corrected chi connectivity index (χ0v) is 15.9. The highest BCUT2D eigenvalue weighted by Gasteiger charge is 2.17. The molecule has 1 heterocycles. The van der Waals surface area contributed by atoms with Gasteiger partial charge in [-0.1, -0.05) is 109 Å². The molecule has 4 aromatic carbocycles. The summed E-state index contributed by atoms with van der Waals surface area (Å²) in [5.41, 5.74) is 6.98. The highest BCUT2D eigenvalue weighted by molar-refractivity contribution is 5.86. The van der Waals surface area contributed by atoms with Crippen LogP contribution in [0.1, 0.15) is 0 Å². The average molecular weight is 372 g/mol. The van der Waals surface area contributed by atoms with Gasteiger partial charge in [0.25, 0.3) is 0 Å². The van der Waals surface area contributed by atoms with E-state index in [4.69, 9.17) is 4.98 Å². The lowest BCUT2D eigenvalue weighted by molar-refractivity contribution is 1.07. The summed E-state index contributed by atoms with van der Waals surface area (Å²) in [5, 5.41) is 0. The van der Waals surface area contributed by atoms with Gasteiger partial charge in [0.2, 0.25) is 0 Å². The molecule has 138 valence electrons. The number of aromatic nitrogens is 2. The van der Waals surface area contributed by atoms with Gasteiger partial charge in [0.15, 0.2) is 0 Å². The van der Waals surface area contributed by atoms with Crippen molar-refractivity contribution in [3.05, 3.63) is 122 Å². The monoisotopic (exact) mass is 372 g/mol. The Bertz CT molecular complexity index is 1170. The van der Waals surface area contributed by atoms with Crippen LogP contribution in [-0.2, 0) is 0 Å². The van der Waals surface area contributed by atoms with E-state index in [1.54, 1.807) is 0 Å². The molecule has 0 fully saturated rings. The van der Waals surface area contributed by atoms with Crippen LogP contribution in [0.5, 0.6) is 0 Å². The number of para-hydroxylation sites is 1. The van der Waals surface area contributed by atoms with Crippen molar-refractivity contribution >= 4 is 0 Å². The van der Waals surface area contributed by atoms with Crippen LogP contribution < -0.4 is 0 Å². The number of benzene rings is 4. The maximum atomic E-state index is 4.70. The normalized spacial score (nSPS) is 10.8. The fourth-order valence-corrected chi connectivity index (χ4v) is 3.79. The number of nitrogens with zero attached hydrogens (tertiary/aromatic N) is 2. The summed E-state index contributed by atoms with van der Waals surface area (Å²) in [5.74, 6) is 0.936. The molecule has 29 heavy (non-hydrogen) atoms. The molecule has 0 aliphatic rings. The van der Waals surface area contributed by atoms with E-state index in [9.17, 15) is 0 Å². The molecule has 0 N–H and O–H groups in total. The number of imidazole rings is 1. The van der Waals surface area contributed by atoms with Gasteiger partial charge in [0.1, 0.15) is 5.82 Å². The molecule has 0 aliphatic carbocycles. The Morgan fingerprint density at radius 2 is 0.966 bits per heavy atom. The quantitative estimate of drug-likeness (QED) is 0.336. The van der Waals surface area contributed by atoms with E-state index in [-0.39, 0.29) is 0 Å². The van der Waals surface area contributed by atoms with Crippen LogP contribution >= 0.6 is 0 Å². The van der Waals surface area contributed by atoms with E-state index in [0.717, 1.165) is 17.1 Å². The molecule has 0 saturated heterocycles. The highest BCUT2D eigenvalue weighted by atomic mass is 15.1. The lowest BCUT2D eigenvalue weighted by atomic mass is 9.95. The van der Waals surface area contributed by atoms with Gasteiger partial charge in [0, 0.05) is 29.1 Å². The molecule has 0 aliphatic heterocycles. The van der Waals surface area contributed by atoms with Crippen LogP contribution in [0.3, 0.4) is 0 Å². The minimum atomic E-state index is 0.936. The van der Waals surface area contributed by atoms with Gasteiger partial charge in [-0.3, -0.25) is 4.57 Å². The maximum Gasteiger partial charge on any atom is 0.144 e. The molecular formula is C27H20N2. The van der Waals surface area contributed by atoms with Crippen molar-refractivity contribution in [1.29, 1.82) is 0 Å². The predicted octanol–water partition coefficient (Wildman–Crippen LogP) is 6.87. The first kappa shape index (κ1) is 17.2. The van der Waals surface area contributed by atoms with E-state index in [0.29, 0.717) is 0 Å². The van der Waals surface area contributed by atoms with Crippen molar-refractivity contribution in [1.82, 2.24) is 9.55 Å². The molecule has 5 aromatic rings. The summed E-state index contributed by atoms with van der Waals surface area (Å²) in [6.45, 7) is 0. The molecule has 5 rings (SSSR count). The first-order valence-corrected chi connectivity index (χ1v) is 9.75. The molecule has 0 radical (unpaired) electrons. The molecular weight excluding hydrogens is 352 g/mol. The molecule has 0 amide bonds. The highest BCUT2D eigenvalue weighted by Crippen LogP contribution is 2.37. The topological polar surface area (TPSA) is 17.8 Å². The summed E-state index contributed by atoms with van der Waals surface area (Å²) >= 11 is 0. The largest absolute Gasteiger partial charge is 0.299 e. The summed E-state index contributed by atoms with van der Waals surface area (Å²) < 4.78 is 2.21. The average Bonchev–Trinajstić information content (AvgIpc) is 3.30. The number of hydrogen-bond donors (Lipinski definition) is 0. The molecule has 0 bridgehead atoms. The smallest absolute Gasteiger partial charge is 0.144 e. The second kappa shape index (κ2) is 7.61. The standard InChI is InChI=1S/C27H20N2/c1-4-11-21(12-5-1)24-17-10-18-25(22-13-6-2-7-14-22)26(24)29-20-19-28-27(29)23-15-8-3-9-16-23/h1-20H. The van der Waals surface area contributed by atoms with Crippen LogP contribution in [0.25, 0.3) is 39.3 Å². The minimum Gasteiger partial charge on any atom is -0.299 e. The predicted molar refractivity (Wildman–Crippen MR) is 120 cm³/mol. The Hall–Kier alpha value is -3.91. The zero-order valence-electron chi connectivity index (χ0n) is 15.9. The van der Waals surface area contributed by atoms with Crippen molar-refractivity contribution < 1.29 is 0 Å². The second-order valence-corrected chi connectivity index (χ2v) is 6.92. The summed E-state index contributed by atoms with van der Waals surface area (Å²) in [6, 6.07) is 37.9. The lowest BCUT2D eigenvalue weighted by Crippen LogP contribution is -2.02. The molecule has 0 unspecified atom stereocenters. The van der Waals surface area contributed by atoms with E-state index in [2.05, 4.69) is 114 Å². The molecule has 0 atom stereocenters. The maximum absolute atomic E-state index is 4.70. The third-order valence-corrected chi connectivity index (χ3v) is 5.12. The Morgan fingerprint density at radius 1 is 0.483 bits per heavy atom. The molecule has 1 aromatic heterocycles. The Morgan fingerprint density at radius 3 is 1.48 bits per heavy atom. The van der Waals surface area contributed by atoms with E-state index in [1.807, 2.05) is 12.3 Å². The SMILES string of the molecule is c1ccc(-c2cccc(-c3ccccc3)c2-n2ccnc2-c2ccccc2)cc1. The van der Waals surface area contributed by atoms with Gasteiger partial charge in [-0.25, -0.2) is 4.98 Å². The number of hydrogen-bond acceptors (Lipinski definition) is 1. The van der Waals surface area contributed by atoms with Gasteiger partial charge in [-0.05, 0) is 11.1 Å². The van der Waals surface area contributed by atoms with Gasteiger partial charge >= 0.3 is 0 Å². The molecule has 2 heteroatoms. The molecule has 0 spiro atoms. The Kier molecular flexibility index (Phi) is 4.51. The van der Waals surface area contributed by atoms with Crippen LogP contribution in [0.2, 0.25) is 0 Å². The van der Waals surface area contributed by atoms with E-state index < -0.39 is 0 Å². The lowest BCUT2D eigenvalue weighted by Gasteiger charge is -2.18. The second-order valence-electron chi connectivity index (χ2n) is 6.92. The van der Waals surface area contributed by atoms with E-state index >= 15 is 0 Å². The molecule has 2 nitrogen and oxygen atoms in total. The third-order valence-electron chi connectivity index (χ3n) is 5.12. The Labute approximate surface area is 170 Å². The fourth-order valence-electron chi connectivity index (χ4n) is 3.79. The van der Waals surface area contributed by atoms with Crippen LogP contribution in [0, 0.1) is 0 Å². The van der Waals surface area contributed by atoms with Crippen LogP contribution in [-0.4, -0.2) is 9.55 Å². The van der Waals surface area contributed by atoms with Crippen molar-refractivity contribution in [2.24, 2.45) is 0 Å². The van der Waals surface area contributed by atoms with Gasteiger partial charge < -0.3 is 0 Å². The summed E-state index contributed by atoms with van der Waals surface area (Å²) in [4.78, 5) is 4.70. The van der Waals surface area contributed by atoms with E-state index in [1.165, 1.54) is 22.3 Å². The first-order valence-electron chi connectivity index (χ1n) is 9.75. The van der Waals surface area contributed by atoms with Crippen molar-refractivity contribution in [2.75, 3.05) is 0 Å². The van der Waals surface area contributed by atoms with Crippen molar-refractivity contribution in [3.8, 4) is 39.3 Å². The summed E-state index contributed by atoms with van der Waals surface area (Å²) in [7, 11) is 0. The van der Waals surface area contributed by atoms with Gasteiger partial charge in [-0.2, -0.15) is 0 Å². The van der Waals surface area contributed by atoms with Crippen LogP contribution in [0.15, 0.2) is 122 Å². The van der Waals surface area contributed by atoms with Gasteiger partial charge in [0.05, 0.1) is 5.69 Å². The van der Waals surface area contributed by atoms with Crippen LogP contribution in [0.4, 0.5) is 0 Å². The van der Waals surface area contributed by atoms with Gasteiger partial charge in [-0.15, -0.1) is 0 Å². The summed E-state index contributed by atoms with van der Waals surface area (Å²) in [6.07, 6.45) is 3.93. The molecule has 0 saturated carbocycles. The number of rotatable bonds is 4. The first-order chi connectivity index (χ1) is 14.4. The zero-order chi connectivity index (χ0) is 19.5. The van der Waals surface area contributed by atoms with Crippen molar-refractivity contribution in [2.45, 2.75) is 0 Å². The minimum absolute atomic E-state index is 0.936. The fraction of sp³-hybridized carbons (Fsp3) is 0. The third kappa shape index (κ3) is 3.26. The van der Waals surface area contributed by atoms with Crippen molar-refractivity contribution in [3.63, 3.8) is 0 Å². The Balaban J connectivity index is 1.81.